The number of carbonyl (C=O) groups is 1. The van der Waals surface area contributed by atoms with E-state index in [2.05, 4.69) is 45.2 Å². The molecule has 2 fully saturated rings. The fourth-order valence-electron chi connectivity index (χ4n) is 6.06. The first kappa shape index (κ1) is 26.8. The molecule has 1 unspecified atom stereocenters. The highest BCUT2D eigenvalue weighted by Gasteiger charge is 2.46. The Morgan fingerprint density at radius 3 is 2.68 bits per heavy atom. The molecule has 1 aliphatic heterocycles. The molecule has 2 N–H and O–H groups in total. The summed E-state index contributed by atoms with van der Waals surface area (Å²) in [5.74, 6) is 0.774. The Hall–Kier alpha value is -2.78. The maximum atomic E-state index is 12.5. The standard InChI is InChI=1S/C29H39N5O3S/c1-19-26(38-22-9-6-8-20-11-15-33(5)24(20)22)31-21(18-35)25(30-19)34-16-13-29(14-17-34)12-7-10-23(29)32-27(36)37-28(2,3)4/h6,8-9,11,15,23,35H,7,10,12-14,16-18H2,1-5H3,(H,32,36). The lowest BCUT2D eigenvalue weighted by Gasteiger charge is -2.44. The van der Waals surface area contributed by atoms with Gasteiger partial charge in [-0.2, -0.15) is 0 Å². The van der Waals surface area contributed by atoms with Crippen LogP contribution in [0.2, 0.25) is 0 Å². The van der Waals surface area contributed by atoms with Crippen LogP contribution in [0.1, 0.15) is 64.3 Å². The van der Waals surface area contributed by atoms with Crippen molar-refractivity contribution >= 4 is 34.6 Å². The Kier molecular flexibility index (Phi) is 7.35. The van der Waals surface area contributed by atoms with E-state index in [1.165, 1.54) is 10.9 Å². The van der Waals surface area contributed by atoms with E-state index in [9.17, 15) is 9.90 Å². The zero-order chi connectivity index (χ0) is 27.1. The first-order chi connectivity index (χ1) is 18.1. The van der Waals surface area contributed by atoms with Crippen LogP contribution in [0.4, 0.5) is 10.6 Å². The van der Waals surface area contributed by atoms with Gasteiger partial charge in [-0.15, -0.1) is 0 Å². The lowest BCUT2D eigenvalue weighted by atomic mass is 9.74. The van der Waals surface area contributed by atoms with E-state index in [1.54, 1.807) is 11.8 Å². The highest BCUT2D eigenvalue weighted by Crippen LogP contribution is 2.47. The van der Waals surface area contributed by atoms with Gasteiger partial charge in [-0.1, -0.05) is 30.3 Å². The van der Waals surface area contributed by atoms with E-state index in [0.717, 1.165) is 66.6 Å². The van der Waals surface area contributed by atoms with E-state index in [4.69, 9.17) is 14.7 Å². The molecule has 1 aromatic carbocycles. The van der Waals surface area contributed by atoms with Crippen molar-refractivity contribution in [3.8, 4) is 0 Å². The largest absolute Gasteiger partial charge is 0.444 e. The van der Waals surface area contributed by atoms with Crippen LogP contribution in [0.25, 0.3) is 10.9 Å². The second kappa shape index (κ2) is 10.4. The van der Waals surface area contributed by atoms with Gasteiger partial charge in [0.2, 0.25) is 0 Å². The highest BCUT2D eigenvalue weighted by atomic mass is 32.2. The number of anilines is 1. The van der Waals surface area contributed by atoms with Gasteiger partial charge < -0.3 is 24.6 Å². The molecule has 1 amide bonds. The molecular weight excluding hydrogens is 498 g/mol. The number of amides is 1. The fraction of sp³-hybridized carbons (Fsp3) is 0.552. The molecule has 2 aromatic heterocycles. The van der Waals surface area contributed by atoms with Gasteiger partial charge in [0.05, 0.1) is 17.8 Å². The minimum Gasteiger partial charge on any atom is -0.444 e. The number of fused-ring (bicyclic) bond motifs is 1. The van der Waals surface area contributed by atoms with Gasteiger partial charge >= 0.3 is 6.09 Å². The van der Waals surface area contributed by atoms with Crippen molar-refractivity contribution < 1.29 is 14.6 Å². The zero-order valence-corrected chi connectivity index (χ0v) is 23.9. The van der Waals surface area contributed by atoms with Crippen LogP contribution in [-0.2, 0) is 18.4 Å². The summed E-state index contributed by atoms with van der Waals surface area (Å²) in [5.41, 5.74) is 2.22. The van der Waals surface area contributed by atoms with Crippen LogP contribution in [0.3, 0.4) is 0 Å². The smallest absolute Gasteiger partial charge is 0.407 e. The van der Waals surface area contributed by atoms with Crippen LogP contribution >= 0.6 is 11.8 Å². The normalized spacial score (nSPS) is 19.3. The van der Waals surface area contributed by atoms with Crippen molar-refractivity contribution in [2.75, 3.05) is 18.0 Å². The van der Waals surface area contributed by atoms with E-state index >= 15 is 0 Å². The molecule has 5 rings (SSSR count). The number of ether oxygens (including phenoxy) is 1. The molecule has 2 aliphatic rings. The van der Waals surface area contributed by atoms with Gasteiger partial charge in [-0.25, -0.2) is 14.8 Å². The summed E-state index contributed by atoms with van der Waals surface area (Å²) in [6, 6.07) is 8.52. The Morgan fingerprint density at radius 1 is 1.21 bits per heavy atom. The third-order valence-corrected chi connectivity index (χ3v) is 9.08. The summed E-state index contributed by atoms with van der Waals surface area (Å²) in [5, 5.41) is 15.4. The number of nitrogens with one attached hydrogen (secondary N) is 1. The predicted octanol–water partition coefficient (Wildman–Crippen LogP) is 5.58. The monoisotopic (exact) mass is 537 g/mol. The van der Waals surface area contributed by atoms with E-state index in [-0.39, 0.29) is 24.2 Å². The number of aromatic nitrogens is 3. The zero-order valence-electron chi connectivity index (χ0n) is 23.1. The van der Waals surface area contributed by atoms with E-state index < -0.39 is 5.60 Å². The Balaban J connectivity index is 1.31. The molecule has 3 heterocycles. The third kappa shape index (κ3) is 5.36. The summed E-state index contributed by atoms with van der Waals surface area (Å²) in [6.45, 7) is 9.16. The molecule has 1 saturated carbocycles. The van der Waals surface area contributed by atoms with E-state index in [1.807, 2.05) is 34.7 Å². The second-order valence-corrected chi connectivity index (χ2v) is 12.7. The molecule has 1 spiro atoms. The highest BCUT2D eigenvalue weighted by molar-refractivity contribution is 7.99. The molecule has 1 aliphatic carbocycles. The molecule has 1 atom stereocenters. The lowest BCUT2D eigenvalue weighted by molar-refractivity contribution is 0.0442. The maximum Gasteiger partial charge on any atom is 0.407 e. The van der Waals surface area contributed by atoms with Gasteiger partial charge in [0.25, 0.3) is 0 Å². The van der Waals surface area contributed by atoms with Crippen LogP contribution < -0.4 is 10.2 Å². The molecule has 3 aromatic rings. The van der Waals surface area contributed by atoms with Gasteiger partial charge in [-0.3, -0.25) is 0 Å². The van der Waals surface area contributed by atoms with Crippen molar-refractivity contribution in [2.24, 2.45) is 12.5 Å². The van der Waals surface area contributed by atoms with Crippen molar-refractivity contribution in [3.63, 3.8) is 0 Å². The quantitative estimate of drug-likeness (QED) is 0.439. The van der Waals surface area contributed by atoms with Crippen molar-refractivity contribution in [3.05, 3.63) is 41.9 Å². The van der Waals surface area contributed by atoms with Crippen molar-refractivity contribution in [1.82, 2.24) is 19.9 Å². The molecular formula is C29H39N5O3S. The number of carbonyl (C=O) groups excluding carboxylic acids is 1. The summed E-state index contributed by atoms with van der Waals surface area (Å²) in [4.78, 5) is 25.7. The topological polar surface area (TPSA) is 92.5 Å². The average molecular weight is 538 g/mol. The molecule has 8 nitrogen and oxygen atoms in total. The Bertz CT molecular complexity index is 1320. The van der Waals surface area contributed by atoms with Crippen molar-refractivity contribution in [1.29, 1.82) is 0 Å². The van der Waals surface area contributed by atoms with Crippen LogP contribution in [0.5, 0.6) is 0 Å². The number of para-hydroxylation sites is 1. The minimum absolute atomic E-state index is 0.0821. The van der Waals surface area contributed by atoms with Crippen LogP contribution in [0, 0.1) is 12.3 Å². The number of alkyl carbamates (subject to hydrolysis) is 1. The summed E-state index contributed by atoms with van der Waals surface area (Å²) >= 11 is 1.60. The molecule has 38 heavy (non-hydrogen) atoms. The lowest BCUT2D eigenvalue weighted by Crippen LogP contribution is -2.51. The van der Waals surface area contributed by atoms with Crippen LogP contribution in [0.15, 0.2) is 40.4 Å². The van der Waals surface area contributed by atoms with Gasteiger partial charge in [0.1, 0.15) is 16.3 Å². The maximum absolute atomic E-state index is 12.5. The number of benzene rings is 1. The second-order valence-electron chi connectivity index (χ2n) is 11.7. The predicted molar refractivity (Wildman–Crippen MR) is 151 cm³/mol. The third-order valence-electron chi connectivity index (χ3n) is 7.95. The van der Waals surface area contributed by atoms with Gasteiger partial charge in [0.15, 0.2) is 5.82 Å². The first-order valence-corrected chi connectivity index (χ1v) is 14.3. The Morgan fingerprint density at radius 2 is 1.97 bits per heavy atom. The molecule has 204 valence electrons. The Labute approximate surface area is 229 Å². The number of hydrogen-bond acceptors (Lipinski definition) is 7. The van der Waals surface area contributed by atoms with E-state index in [0.29, 0.717) is 5.69 Å². The number of aryl methyl sites for hydroxylation is 2. The SMILES string of the molecule is Cc1nc(N2CCC3(CCCC3NC(=O)OC(C)(C)C)CC2)c(CO)nc1Sc1cccc2ccn(C)c12. The number of aliphatic hydroxyl groups excluding tert-OH is 1. The van der Waals surface area contributed by atoms with Gasteiger partial charge in [-0.05, 0) is 70.9 Å². The number of piperidine rings is 1. The average Bonchev–Trinajstić information content (AvgIpc) is 3.43. The molecule has 0 bridgehead atoms. The van der Waals surface area contributed by atoms with Crippen LogP contribution in [-0.4, -0.2) is 50.5 Å². The summed E-state index contributed by atoms with van der Waals surface area (Å²) < 4.78 is 7.66. The summed E-state index contributed by atoms with van der Waals surface area (Å²) in [6.07, 6.45) is 6.88. The minimum atomic E-state index is -0.506. The summed E-state index contributed by atoms with van der Waals surface area (Å²) in [7, 11) is 2.05. The number of rotatable bonds is 5. The number of aliphatic hydroxyl groups is 1. The van der Waals surface area contributed by atoms with Crippen molar-refractivity contribution in [2.45, 2.75) is 88.0 Å². The molecule has 9 heteroatoms. The number of nitrogens with zero attached hydrogens (tertiary/aromatic N) is 4. The molecule has 0 radical (unpaired) electrons. The fourth-order valence-corrected chi connectivity index (χ4v) is 7.12. The molecule has 1 saturated heterocycles. The number of hydrogen-bond donors (Lipinski definition) is 2. The first-order valence-electron chi connectivity index (χ1n) is 13.5. The van der Waals surface area contributed by atoms with Gasteiger partial charge in [0, 0.05) is 42.7 Å².